The molecular weight excluding hydrogens is 226 g/mol. The third-order valence-electron chi connectivity index (χ3n) is 2.76. The van der Waals surface area contributed by atoms with Gasteiger partial charge >= 0.3 is 0 Å². The van der Waals surface area contributed by atoms with Crippen LogP contribution in [0.4, 0.5) is 5.69 Å². The third-order valence-corrected chi connectivity index (χ3v) is 2.76. The number of ether oxygens (including phenoxy) is 1. The Hall–Kier alpha value is -2.23. The maximum Gasteiger partial charge on any atom is 0.149 e. The number of nitrogen functional groups attached to an aromatic ring is 1. The highest BCUT2D eigenvalue weighted by atomic mass is 16.5. The molecule has 4 heteroatoms. The van der Waals surface area contributed by atoms with E-state index in [2.05, 4.69) is 11.7 Å². The number of nitrogens with zero attached hydrogens (tertiary/aromatic N) is 2. The summed E-state index contributed by atoms with van der Waals surface area (Å²) in [5, 5.41) is 4.31. The first kappa shape index (κ1) is 12.2. The lowest BCUT2D eigenvalue weighted by molar-refractivity contribution is 0.418. The van der Waals surface area contributed by atoms with Gasteiger partial charge in [0.1, 0.15) is 5.75 Å². The van der Waals surface area contributed by atoms with Crippen LogP contribution in [0, 0.1) is 0 Å². The number of hydrogen-bond donors (Lipinski definition) is 1. The van der Waals surface area contributed by atoms with Crippen LogP contribution >= 0.6 is 0 Å². The summed E-state index contributed by atoms with van der Waals surface area (Å²) in [6.45, 7) is 4.53. The second kappa shape index (κ2) is 5.40. The Morgan fingerprint density at radius 3 is 3.06 bits per heavy atom. The number of para-hydroxylation sites is 1. The summed E-state index contributed by atoms with van der Waals surface area (Å²) >= 11 is 0. The van der Waals surface area contributed by atoms with Gasteiger partial charge in [0.25, 0.3) is 0 Å². The SMILES string of the molecule is C=CCCn1cc(-c2cccc(N)c2OC)cn1. The normalized spacial score (nSPS) is 10.3. The fourth-order valence-electron chi connectivity index (χ4n) is 1.86. The van der Waals surface area contributed by atoms with E-state index in [-0.39, 0.29) is 0 Å². The lowest BCUT2D eigenvalue weighted by atomic mass is 10.1. The molecule has 18 heavy (non-hydrogen) atoms. The first-order valence-electron chi connectivity index (χ1n) is 5.82. The van der Waals surface area contributed by atoms with E-state index in [4.69, 9.17) is 10.5 Å². The lowest BCUT2D eigenvalue weighted by Crippen LogP contribution is -1.96. The first-order chi connectivity index (χ1) is 8.76. The third kappa shape index (κ3) is 2.37. The maximum atomic E-state index is 5.89. The van der Waals surface area contributed by atoms with Crippen molar-refractivity contribution in [2.24, 2.45) is 0 Å². The van der Waals surface area contributed by atoms with Gasteiger partial charge < -0.3 is 10.5 Å². The largest absolute Gasteiger partial charge is 0.494 e. The highest BCUT2D eigenvalue weighted by Gasteiger charge is 2.10. The van der Waals surface area contributed by atoms with Crippen molar-refractivity contribution in [3.05, 3.63) is 43.2 Å². The predicted octanol–water partition coefficient (Wildman–Crippen LogP) is 2.72. The molecule has 0 amide bonds. The molecule has 94 valence electrons. The van der Waals surface area contributed by atoms with Gasteiger partial charge in [0.05, 0.1) is 19.0 Å². The zero-order valence-corrected chi connectivity index (χ0v) is 10.5. The molecule has 0 saturated heterocycles. The van der Waals surface area contributed by atoms with Gasteiger partial charge in [-0.2, -0.15) is 5.10 Å². The van der Waals surface area contributed by atoms with Crippen LogP contribution in [0.25, 0.3) is 11.1 Å². The number of benzene rings is 1. The first-order valence-corrected chi connectivity index (χ1v) is 5.82. The highest BCUT2D eigenvalue weighted by molar-refractivity contribution is 5.76. The van der Waals surface area contributed by atoms with Gasteiger partial charge in [-0.15, -0.1) is 6.58 Å². The lowest BCUT2D eigenvalue weighted by Gasteiger charge is -2.09. The van der Waals surface area contributed by atoms with Gasteiger partial charge in [0.2, 0.25) is 0 Å². The molecule has 0 fully saturated rings. The van der Waals surface area contributed by atoms with Crippen molar-refractivity contribution >= 4 is 5.69 Å². The molecule has 2 N–H and O–H groups in total. The minimum atomic E-state index is 0.633. The second-order valence-electron chi connectivity index (χ2n) is 4.00. The fourth-order valence-corrected chi connectivity index (χ4v) is 1.86. The number of aryl methyl sites for hydroxylation is 1. The Morgan fingerprint density at radius 1 is 1.50 bits per heavy atom. The Balaban J connectivity index is 2.33. The minimum absolute atomic E-state index is 0.633. The van der Waals surface area contributed by atoms with Gasteiger partial charge in [0, 0.05) is 23.9 Å². The molecule has 0 aliphatic carbocycles. The number of methoxy groups -OCH3 is 1. The van der Waals surface area contributed by atoms with E-state index in [1.807, 2.05) is 41.4 Å². The van der Waals surface area contributed by atoms with Crippen molar-refractivity contribution in [2.75, 3.05) is 12.8 Å². The molecule has 0 aliphatic heterocycles. The van der Waals surface area contributed by atoms with E-state index in [1.165, 1.54) is 0 Å². The number of aromatic nitrogens is 2. The topological polar surface area (TPSA) is 53.1 Å². The molecule has 1 heterocycles. The summed E-state index contributed by atoms with van der Waals surface area (Å²) in [7, 11) is 1.62. The van der Waals surface area contributed by atoms with Crippen LogP contribution in [0.3, 0.4) is 0 Å². The maximum absolute atomic E-state index is 5.89. The van der Waals surface area contributed by atoms with Crippen LogP contribution in [0.1, 0.15) is 6.42 Å². The van der Waals surface area contributed by atoms with Crippen molar-refractivity contribution in [1.82, 2.24) is 9.78 Å². The molecule has 0 unspecified atom stereocenters. The Bertz CT molecular complexity index is 546. The van der Waals surface area contributed by atoms with E-state index in [0.717, 1.165) is 24.1 Å². The minimum Gasteiger partial charge on any atom is -0.494 e. The van der Waals surface area contributed by atoms with Crippen LogP contribution in [-0.4, -0.2) is 16.9 Å². The van der Waals surface area contributed by atoms with Crippen molar-refractivity contribution in [3.8, 4) is 16.9 Å². The summed E-state index contributed by atoms with van der Waals surface area (Å²) in [4.78, 5) is 0. The van der Waals surface area contributed by atoms with Crippen molar-refractivity contribution in [2.45, 2.75) is 13.0 Å². The molecule has 0 atom stereocenters. The monoisotopic (exact) mass is 243 g/mol. The molecule has 2 rings (SSSR count). The number of rotatable bonds is 5. The van der Waals surface area contributed by atoms with Gasteiger partial charge in [-0.25, -0.2) is 0 Å². The van der Waals surface area contributed by atoms with Crippen LogP contribution in [0.15, 0.2) is 43.2 Å². The van der Waals surface area contributed by atoms with Gasteiger partial charge in [-0.3, -0.25) is 4.68 Å². The van der Waals surface area contributed by atoms with Crippen LogP contribution < -0.4 is 10.5 Å². The fraction of sp³-hybridized carbons (Fsp3) is 0.214. The number of nitrogens with two attached hydrogens (primary N) is 1. The van der Waals surface area contributed by atoms with Crippen molar-refractivity contribution in [1.29, 1.82) is 0 Å². The summed E-state index contributed by atoms with van der Waals surface area (Å²) in [5.74, 6) is 0.695. The van der Waals surface area contributed by atoms with E-state index in [1.54, 1.807) is 7.11 Å². The van der Waals surface area contributed by atoms with Crippen molar-refractivity contribution < 1.29 is 4.74 Å². The molecule has 2 aromatic rings. The Labute approximate surface area is 107 Å². The Kier molecular flexibility index (Phi) is 3.67. The standard InChI is InChI=1S/C14H17N3O/c1-3-4-8-17-10-11(9-16-17)12-6-5-7-13(15)14(12)18-2/h3,5-7,9-10H,1,4,8,15H2,2H3. The molecule has 0 saturated carbocycles. The average Bonchev–Trinajstić information content (AvgIpc) is 2.84. The van der Waals surface area contributed by atoms with Gasteiger partial charge in [-0.1, -0.05) is 18.2 Å². The summed E-state index contributed by atoms with van der Waals surface area (Å²) in [6, 6.07) is 5.71. The van der Waals surface area contributed by atoms with E-state index < -0.39 is 0 Å². The van der Waals surface area contributed by atoms with Crippen LogP contribution in [0.2, 0.25) is 0 Å². The smallest absolute Gasteiger partial charge is 0.149 e. The van der Waals surface area contributed by atoms with E-state index >= 15 is 0 Å². The van der Waals surface area contributed by atoms with Gasteiger partial charge in [-0.05, 0) is 12.5 Å². The zero-order valence-electron chi connectivity index (χ0n) is 10.5. The van der Waals surface area contributed by atoms with Gasteiger partial charge in [0.15, 0.2) is 0 Å². The van der Waals surface area contributed by atoms with E-state index in [0.29, 0.717) is 11.4 Å². The molecule has 0 bridgehead atoms. The highest BCUT2D eigenvalue weighted by Crippen LogP contribution is 2.34. The molecule has 4 nitrogen and oxygen atoms in total. The number of allylic oxidation sites excluding steroid dienone is 1. The quantitative estimate of drug-likeness (QED) is 0.649. The number of hydrogen-bond acceptors (Lipinski definition) is 3. The average molecular weight is 243 g/mol. The summed E-state index contributed by atoms with van der Waals surface area (Å²) in [6.07, 6.45) is 6.58. The molecule has 0 radical (unpaired) electrons. The van der Waals surface area contributed by atoms with Crippen LogP contribution in [-0.2, 0) is 6.54 Å². The Morgan fingerprint density at radius 2 is 2.33 bits per heavy atom. The van der Waals surface area contributed by atoms with E-state index in [9.17, 15) is 0 Å². The predicted molar refractivity (Wildman–Crippen MR) is 73.4 cm³/mol. The number of anilines is 1. The van der Waals surface area contributed by atoms with Crippen molar-refractivity contribution in [3.63, 3.8) is 0 Å². The molecule has 0 spiro atoms. The molecule has 0 aliphatic rings. The summed E-state index contributed by atoms with van der Waals surface area (Å²) in [5.41, 5.74) is 8.49. The zero-order chi connectivity index (χ0) is 13.0. The second-order valence-corrected chi connectivity index (χ2v) is 4.00. The molecule has 1 aromatic carbocycles. The molecule has 1 aromatic heterocycles. The summed E-state index contributed by atoms with van der Waals surface area (Å²) < 4.78 is 7.23. The van der Waals surface area contributed by atoms with Crippen LogP contribution in [0.5, 0.6) is 5.75 Å². The molecular formula is C14H17N3O.